The van der Waals surface area contributed by atoms with Crippen molar-refractivity contribution in [3.05, 3.63) is 35.6 Å². The van der Waals surface area contributed by atoms with Crippen LogP contribution in [0.15, 0.2) is 24.3 Å². The molecule has 1 aromatic carbocycles. The molecule has 0 spiro atoms. The number of halogens is 1. The van der Waals surface area contributed by atoms with Gasteiger partial charge in [0.25, 0.3) is 0 Å². The fourth-order valence-corrected chi connectivity index (χ4v) is 3.48. The van der Waals surface area contributed by atoms with Crippen molar-refractivity contribution in [2.24, 2.45) is 11.8 Å². The summed E-state index contributed by atoms with van der Waals surface area (Å²) in [5.74, 6) is 1.46. The maximum Gasteiger partial charge on any atom is 0.123 e. The first kappa shape index (κ1) is 13.1. The Kier molecular flexibility index (Phi) is 3.88. The summed E-state index contributed by atoms with van der Waals surface area (Å²) >= 11 is 0. The molecule has 0 amide bonds. The minimum absolute atomic E-state index is 0.137. The van der Waals surface area contributed by atoms with Gasteiger partial charge in [-0.05, 0) is 62.1 Å². The second-order valence-corrected chi connectivity index (χ2v) is 6.37. The Morgan fingerprint density at radius 2 is 1.63 bits per heavy atom. The van der Waals surface area contributed by atoms with E-state index >= 15 is 0 Å². The van der Waals surface area contributed by atoms with Crippen molar-refractivity contribution in [2.45, 2.75) is 57.5 Å². The standard InChI is InChI=1S/C17H24FN/c1-12(13-4-2-3-5-13)19-17(14-6-7-14)15-8-10-16(18)11-9-15/h8-14,17,19H,2-7H2,1H3. The van der Waals surface area contributed by atoms with E-state index in [9.17, 15) is 4.39 Å². The fraction of sp³-hybridized carbons (Fsp3) is 0.647. The van der Waals surface area contributed by atoms with Gasteiger partial charge in [-0.15, -0.1) is 0 Å². The SMILES string of the molecule is CC(NC(c1ccc(F)cc1)C1CC1)C1CCCC1. The molecule has 0 aromatic heterocycles. The van der Waals surface area contributed by atoms with Crippen LogP contribution in [0.5, 0.6) is 0 Å². The van der Waals surface area contributed by atoms with Crippen molar-refractivity contribution in [1.29, 1.82) is 0 Å². The minimum Gasteiger partial charge on any atom is -0.307 e. The molecule has 0 bridgehead atoms. The molecule has 2 atom stereocenters. The summed E-state index contributed by atoms with van der Waals surface area (Å²) < 4.78 is 13.1. The van der Waals surface area contributed by atoms with Crippen LogP contribution < -0.4 is 5.32 Å². The van der Waals surface area contributed by atoms with E-state index in [1.54, 1.807) is 12.1 Å². The number of rotatable bonds is 5. The maximum absolute atomic E-state index is 13.1. The second-order valence-electron chi connectivity index (χ2n) is 6.37. The van der Waals surface area contributed by atoms with Crippen molar-refractivity contribution < 1.29 is 4.39 Å². The van der Waals surface area contributed by atoms with Crippen LogP contribution in [0.3, 0.4) is 0 Å². The van der Waals surface area contributed by atoms with E-state index in [1.165, 1.54) is 44.1 Å². The molecule has 0 radical (unpaired) electrons. The lowest BCUT2D eigenvalue weighted by Gasteiger charge is -2.27. The molecule has 1 N–H and O–H groups in total. The molecular weight excluding hydrogens is 237 g/mol. The summed E-state index contributed by atoms with van der Waals surface area (Å²) in [4.78, 5) is 0. The molecule has 2 saturated carbocycles. The second kappa shape index (κ2) is 5.62. The van der Waals surface area contributed by atoms with Gasteiger partial charge >= 0.3 is 0 Å². The fourth-order valence-electron chi connectivity index (χ4n) is 3.48. The molecule has 1 aromatic rings. The molecule has 3 rings (SSSR count). The Morgan fingerprint density at radius 3 is 2.21 bits per heavy atom. The number of hydrogen-bond donors (Lipinski definition) is 1. The van der Waals surface area contributed by atoms with Gasteiger partial charge in [-0.1, -0.05) is 25.0 Å². The zero-order valence-electron chi connectivity index (χ0n) is 11.7. The van der Waals surface area contributed by atoms with Gasteiger partial charge in [-0.2, -0.15) is 0 Å². The zero-order chi connectivity index (χ0) is 13.2. The van der Waals surface area contributed by atoms with Crippen LogP contribution in [-0.2, 0) is 0 Å². The first-order valence-corrected chi connectivity index (χ1v) is 7.75. The molecule has 1 nitrogen and oxygen atoms in total. The highest BCUT2D eigenvalue weighted by molar-refractivity contribution is 5.22. The number of nitrogens with one attached hydrogen (secondary N) is 1. The molecule has 2 aliphatic carbocycles. The normalized spacial score (nSPS) is 23.5. The highest BCUT2D eigenvalue weighted by atomic mass is 19.1. The molecule has 0 aliphatic heterocycles. The van der Waals surface area contributed by atoms with Crippen molar-refractivity contribution in [3.8, 4) is 0 Å². The quantitative estimate of drug-likeness (QED) is 0.826. The Morgan fingerprint density at radius 1 is 1.00 bits per heavy atom. The summed E-state index contributed by atoms with van der Waals surface area (Å²) in [6.45, 7) is 2.33. The molecular formula is C17H24FN. The zero-order valence-corrected chi connectivity index (χ0v) is 11.7. The molecule has 19 heavy (non-hydrogen) atoms. The third kappa shape index (κ3) is 3.17. The van der Waals surface area contributed by atoms with Crippen molar-refractivity contribution in [2.75, 3.05) is 0 Å². The monoisotopic (exact) mass is 261 g/mol. The lowest BCUT2D eigenvalue weighted by atomic mass is 9.95. The number of benzene rings is 1. The first-order valence-electron chi connectivity index (χ1n) is 7.75. The predicted octanol–water partition coefficient (Wildman–Crippen LogP) is 4.45. The predicted molar refractivity (Wildman–Crippen MR) is 76.4 cm³/mol. The third-order valence-electron chi connectivity index (χ3n) is 4.87. The smallest absolute Gasteiger partial charge is 0.123 e. The summed E-state index contributed by atoms with van der Waals surface area (Å²) in [5.41, 5.74) is 1.26. The number of hydrogen-bond acceptors (Lipinski definition) is 1. The molecule has 0 heterocycles. The lowest BCUT2D eigenvalue weighted by Crippen LogP contribution is -2.36. The molecule has 0 saturated heterocycles. The molecule has 2 aliphatic rings. The van der Waals surface area contributed by atoms with E-state index in [0.29, 0.717) is 12.1 Å². The van der Waals surface area contributed by atoms with Gasteiger partial charge in [0.1, 0.15) is 5.82 Å². The van der Waals surface area contributed by atoms with Crippen LogP contribution in [-0.4, -0.2) is 6.04 Å². The van der Waals surface area contributed by atoms with Gasteiger partial charge in [0.15, 0.2) is 0 Å². The molecule has 2 unspecified atom stereocenters. The van der Waals surface area contributed by atoms with E-state index in [2.05, 4.69) is 12.2 Å². The largest absolute Gasteiger partial charge is 0.307 e. The Balaban J connectivity index is 1.68. The van der Waals surface area contributed by atoms with E-state index < -0.39 is 0 Å². The van der Waals surface area contributed by atoms with Crippen LogP contribution >= 0.6 is 0 Å². The Bertz CT molecular complexity index is 404. The Labute approximate surface area is 115 Å². The first-order chi connectivity index (χ1) is 9.24. The van der Waals surface area contributed by atoms with E-state index in [0.717, 1.165) is 11.8 Å². The highest BCUT2D eigenvalue weighted by Gasteiger charge is 2.34. The molecule has 2 fully saturated rings. The van der Waals surface area contributed by atoms with Crippen LogP contribution in [0.25, 0.3) is 0 Å². The molecule has 2 heteroatoms. The van der Waals surface area contributed by atoms with Gasteiger partial charge in [0, 0.05) is 12.1 Å². The Hall–Kier alpha value is -0.890. The van der Waals surface area contributed by atoms with Gasteiger partial charge in [-0.25, -0.2) is 4.39 Å². The topological polar surface area (TPSA) is 12.0 Å². The van der Waals surface area contributed by atoms with Crippen LogP contribution in [0.2, 0.25) is 0 Å². The van der Waals surface area contributed by atoms with Crippen LogP contribution in [0, 0.1) is 17.7 Å². The highest BCUT2D eigenvalue weighted by Crippen LogP contribution is 2.42. The van der Waals surface area contributed by atoms with Crippen molar-refractivity contribution >= 4 is 0 Å². The summed E-state index contributed by atoms with van der Waals surface area (Å²) in [6.07, 6.45) is 8.14. The lowest BCUT2D eigenvalue weighted by molar-refractivity contribution is 0.326. The summed E-state index contributed by atoms with van der Waals surface area (Å²) in [6, 6.07) is 8.09. The van der Waals surface area contributed by atoms with Gasteiger partial charge < -0.3 is 5.32 Å². The summed E-state index contributed by atoms with van der Waals surface area (Å²) in [7, 11) is 0. The average Bonchev–Trinajstić information content (AvgIpc) is 3.10. The van der Waals surface area contributed by atoms with E-state index in [-0.39, 0.29) is 5.82 Å². The minimum atomic E-state index is -0.137. The van der Waals surface area contributed by atoms with Crippen molar-refractivity contribution in [3.63, 3.8) is 0 Å². The molecule has 104 valence electrons. The van der Waals surface area contributed by atoms with Crippen molar-refractivity contribution in [1.82, 2.24) is 5.32 Å². The van der Waals surface area contributed by atoms with Gasteiger partial charge in [0.2, 0.25) is 0 Å². The van der Waals surface area contributed by atoms with E-state index in [1.807, 2.05) is 12.1 Å². The van der Waals surface area contributed by atoms with Gasteiger partial charge in [-0.3, -0.25) is 0 Å². The van der Waals surface area contributed by atoms with E-state index in [4.69, 9.17) is 0 Å². The van der Waals surface area contributed by atoms with Gasteiger partial charge in [0.05, 0.1) is 0 Å². The maximum atomic E-state index is 13.1. The van der Waals surface area contributed by atoms with Crippen LogP contribution in [0.1, 0.15) is 57.1 Å². The third-order valence-corrected chi connectivity index (χ3v) is 4.87. The van der Waals surface area contributed by atoms with Crippen LogP contribution in [0.4, 0.5) is 4.39 Å². The summed E-state index contributed by atoms with van der Waals surface area (Å²) in [5, 5.41) is 3.83. The average molecular weight is 261 g/mol.